The highest BCUT2D eigenvalue weighted by molar-refractivity contribution is 5.91. The van der Waals surface area contributed by atoms with Gasteiger partial charge in [-0.15, -0.1) is 0 Å². The molecule has 4 nitrogen and oxygen atoms in total. The first-order chi connectivity index (χ1) is 7.70. The standard InChI is InChI=1S/C12H18O4/c1-3-5-6-7-10-16-12(14)9-8-11(13)15-4-2/h5-6,8-9H,3-4,7,10H2,1-2H3/b6-5-,9-8+. The number of carbonyl (C=O) groups excluding carboxylic acids is 2. The van der Waals surface area contributed by atoms with Gasteiger partial charge in [0.25, 0.3) is 0 Å². The van der Waals surface area contributed by atoms with Crippen molar-refractivity contribution in [2.75, 3.05) is 13.2 Å². The Morgan fingerprint density at radius 3 is 2.19 bits per heavy atom. The topological polar surface area (TPSA) is 52.6 Å². The number of carbonyl (C=O) groups is 2. The van der Waals surface area contributed by atoms with Gasteiger partial charge in [-0.1, -0.05) is 19.1 Å². The van der Waals surface area contributed by atoms with Gasteiger partial charge in [-0.3, -0.25) is 0 Å². The van der Waals surface area contributed by atoms with Crippen LogP contribution >= 0.6 is 0 Å². The molecule has 0 radical (unpaired) electrons. The van der Waals surface area contributed by atoms with Gasteiger partial charge >= 0.3 is 11.9 Å². The molecule has 0 spiro atoms. The van der Waals surface area contributed by atoms with Gasteiger partial charge in [0, 0.05) is 12.2 Å². The minimum absolute atomic E-state index is 0.292. The quantitative estimate of drug-likeness (QED) is 0.288. The summed E-state index contributed by atoms with van der Waals surface area (Å²) in [6, 6.07) is 0. The van der Waals surface area contributed by atoms with E-state index in [0.29, 0.717) is 19.6 Å². The summed E-state index contributed by atoms with van der Waals surface area (Å²) in [7, 11) is 0. The molecule has 0 amide bonds. The van der Waals surface area contributed by atoms with Crippen LogP contribution in [-0.2, 0) is 19.1 Å². The molecule has 0 saturated carbocycles. The van der Waals surface area contributed by atoms with Crippen molar-refractivity contribution >= 4 is 11.9 Å². The van der Waals surface area contributed by atoms with Crippen LogP contribution in [0, 0.1) is 0 Å². The van der Waals surface area contributed by atoms with Crippen LogP contribution in [0.2, 0.25) is 0 Å². The highest BCUT2D eigenvalue weighted by Crippen LogP contribution is 1.90. The molecule has 0 aliphatic rings. The van der Waals surface area contributed by atoms with Crippen LogP contribution in [0.25, 0.3) is 0 Å². The molecular weight excluding hydrogens is 208 g/mol. The zero-order chi connectivity index (χ0) is 12.2. The van der Waals surface area contributed by atoms with Crippen molar-refractivity contribution in [1.29, 1.82) is 0 Å². The molecule has 16 heavy (non-hydrogen) atoms. The number of rotatable bonds is 7. The summed E-state index contributed by atoms with van der Waals surface area (Å²) >= 11 is 0. The smallest absolute Gasteiger partial charge is 0.331 e. The minimum Gasteiger partial charge on any atom is -0.463 e. The van der Waals surface area contributed by atoms with E-state index < -0.39 is 11.9 Å². The van der Waals surface area contributed by atoms with Crippen LogP contribution in [0.4, 0.5) is 0 Å². The third-order valence-electron chi connectivity index (χ3n) is 1.57. The van der Waals surface area contributed by atoms with Crippen LogP contribution < -0.4 is 0 Å². The molecule has 0 saturated heterocycles. The van der Waals surface area contributed by atoms with Crippen LogP contribution in [-0.4, -0.2) is 25.2 Å². The van der Waals surface area contributed by atoms with Gasteiger partial charge < -0.3 is 9.47 Å². The third-order valence-corrected chi connectivity index (χ3v) is 1.57. The van der Waals surface area contributed by atoms with E-state index in [-0.39, 0.29) is 0 Å². The van der Waals surface area contributed by atoms with Crippen molar-refractivity contribution < 1.29 is 19.1 Å². The number of ether oxygens (including phenoxy) is 2. The van der Waals surface area contributed by atoms with E-state index in [1.54, 1.807) is 6.92 Å². The van der Waals surface area contributed by atoms with Gasteiger partial charge in [0.2, 0.25) is 0 Å². The molecule has 0 atom stereocenters. The zero-order valence-corrected chi connectivity index (χ0v) is 9.77. The second-order valence-corrected chi connectivity index (χ2v) is 2.92. The lowest BCUT2D eigenvalue weighted by Crippen LogP contribution is -2.04. The van der Waals surface area contributed by atoms with Crippen molar-refractivity contribution in [2.45, 2.75) is 26.7 Å². The first-order valence-electron chi connectivity index (χ1n) is 5.37. The highest BCUT2D eigenvalue weighted by atomic mass is 16.5. The highest BCUT2D eigenvalue weighted by Gasteiger charge is 1.98. The molecule has 0 N–H and O–H groups in total. The Kier molecular flexibility index (Phi) is 8.97. The lowest BCUT2D eigenvalue weighted by molar-refractivity contribution is -0.140. The van der Waals surface area contributed by atoms with Crippen LogP contribution in [0.3, 0.4) is 0 Å². The average molecular weight is 226 g/mol. The molecule has 0 heterocycles. The third kappa shape index (κ3) is 8.99. The summed E-state index contributed by atoms with van der Waals surface area (Å²) in [6.07, 6.45) is 7.74. The number of hydrogen-bond donors (Lipinski definition) is 0. The van der Waals surface area contributed by atoms with Crippen LogP contribution in [0.1, 0.15) is 26.7 Å². The van der Waals surface area contributed by atoms with Crippen molar-refractivity contribution in [3.8, 4) is 0 Å². The monoisotopic (exact) mass is 226 g/mol. The molecule has 0 aromatic carbocycles. The molecule has 0 aliphatic carbocycles. The van der Waals surface area contributed by atoms with E-state index >= 15 is 0 Å². The fraction of sp³-hybridized carbons (Fsp3) is 0.500. The first kappa shape index (κ1) is 14.4. The molecule has 90 valence electrons. The zero-order valence-electron chi connectivity index (χ0n) is 9.77. The summed E-state index contributed by atoms with van der Waals surface area (Å²) in [5.74, 6) is -1.07. The van der Waals surface area contributed by atoms with Crippen molar-refractivity contribution in [1.82, 2.24) is 0 Å². The van der Waals surface area contributed by atoms with Crippen LogP contribution in [0.15, 0.2) is 24.3 Å². The molecule has 4 heteroatoms. The summed E-state index contributed by atoms with van der Waals surface area (Å²) in [6.45, 7) is 4.34. The SMILES string of the molecule is CC/C=C\CCOC(=O)/C=C/C(=O)OCC. The number of allylic oxidation sites excluding steroid dienone is 1. The Bertz CT molecular complexity index is 266. The molecule has 0 unspecified atom stereocenters. The molecule has 0 aromatic rings. The Balaban J connectivity index is 3.65. The average Bonchev–Trinajstić information content (AvgIpc) is 2.26. The molecular formula is C12H18O4. The Morgan fingerprint density at radius 1 is 1.00 bits per heavy atom. The van der Waals surface area contributed by atoms with Gasteiger partial charge in [-0.2, -0.15) is 0 Å². The van der Waals surface area contributed by atoms with E-state index in [9.17, 15) is 9.59 Å². The van der Waals surface area contributed by atoms with Crippen LogP contribution in [0.5, 0.6) is 0 Å². The van der Waals surface area contributed by atoms with Crippen molar-refractivity contribution in [3.05, 3.63) is 24.3 Å². The van der Waals surface area contributed by atoms with Gasteiger partial charge in [0.05, 0.1) is 13.2 Å². The molecule has 0 rings (SSSR count). The lowest BCUT2D eigenvalue weighted by atomic mass is 10.3. The summed E-state index contributed by atoms with van der Waals surface area (Å²) < 4.78 is 9.44. The van der Waals surface area contributed by atoms with E-state index in [4.69, 9.17) is 4.74 Å². The summed E-state index contributed by atoms with van der Waals surface area (Å²) in [4.78, 5) is 21.9. The molecule has 0 bridgehead atoms. The predicted molar refractivity (Wildman–Crippen MR) is 60.8 cm³/mol. The largest absolute Gasteiger partial charge is 0.463 e. The summed E-state index contributed by atoms with van der Waals surface area (Å²) in [5, 5.41) is 0. The molecule has 0 fully saturated rings. The number of hydrogen-bond acceptors (Lipinski definition) is 4. The van der Waals surface area contributed by atoms with E-state index in [1.165, 1.54) is 0 Å². The summed E-state index contributed by atoms with van der Waals surface area (Å²) in [5.41, 5.74) is 0. The fourth-order valence-corrected chi connectivity index (χ4v) is 0.887. The van der Waals surface area contributed by atoms with E-state index in [0.717, 1.165) is 18.6 Å². The first-order valence-corrected chi connectivity index (χ1v) is 5.37. The lowest BCUT2D eigenvalue weighted by Gasteiger charge is -1.98. The van der Waals surface area contributed by atoms with E-state index in [2.05, 4.69) is 4.74 Å². The van der Waals surface area contributed by atoms with Gasteiger partial charge in [0.15, 0.2) is 0 Å². The van der Waals surface area contributed by atoms with E-state index in [1.807, 2.05) is 19.1 Å². The second-order valence-electron chi connectivity index (χ2n) is 2.92. The Hall–Kier alpha value is -1.58. The van der Waals surface area contributed by atoms with Gasteiger partial charge in [-0.05, 0) is 19.8 Å². The van der Waals surface area contributed by atoms with Crippen molar-refractivity contribution in [3.63, 3.8) is 0 Å². The maximum absolute atomic E-state index is 11.0. The predicted octanol–water partition coefficient (Wildman–Crippen LogP) is 2.01. The number of esters is 2. The minimum atomic E-state index is -0.537. The van der Waals surface area contributed by atoms with Crippen molar-refractivity contribution in [2.24, 2.45) is 0 Å². The van der Waals surface area contributed by atoms with Gasteiger partial charge in [-0.25, -0.2) is 9.59 Å². The normalized spacial score (nSPS) is 10.9. The fourth-order valence-electron chi connectivity index (χ4n) is 0.887. The van der Waals surface area contributed by atoms with Gasteiger partial charge in [0.1, 0.15) is 0 Å². The second kappa shape index (κ2) is 9.96. The Morgan fingerprint density at radius 2 is 1.62 bits per heavy atom. The molecule has 0 aromatic heterocycles. The maximum atomic E-state index is 11.0. The molecule has 0 aliphatic heterocycles. The Labute approximate surface area is 95.9 Å². The maximum Gasteiger partial charge on any atom is 0.331 e.